The lowest BCUT2D eigenvalue weighted by atomic mass is 9.85. The van der Waals surface area contributed by atoms with Crippen LogP contribution in [-0.2, 0) is 32.7 Å². The van der Waals surface area contributed by atoms with Crippen LogP contribution in [0.2, 0.25) is 0 Å². The van der Waals surface area contributed by atoms with Crippen molar-refractivity contribution in [2.24, 2.45) is 0 Å². The fourth-order valence-corrected chi connectivity index (χ4v) is 7.11. The molecule has 378 valence electrons. The number of aliphatic hydroxyl groups excluding tert-OH is 7. The van der Waals surface area contributed by atoms with Crippen LogP contribution in [0.3, 0.4) is 0 Å². The molecule has 1 fully saturated rings. The second-order valence-corrected chi connectivity index (χ2v) is 17.3. The number of carbonyl (C=O) groups is 2. The summed E-state index contributed by atoms with van der Waals surface area (Å²) >= 11 is 0. The molecule has 1 rings (SSSR count). The number of ether oxygens (including phenoxy) is 2. The average molecular weight is 963 g/mol. The van der Waals surface area contributed by atoms with Gasteiger partial charge in [0.25, 0.3) is 0 Å². The van der Waals surface area contributed by atoms with Crippen molar-refractivity contribution in [2.75, 3.05) is 13.2 Å². The Labute approximate surface area is 398 Å². The van der Waals surface area contributed by atoms with E-state index in [1.165, 1.54) is 19.3 Å². The fraction of sp³-hybridized carbons (Fsp3) is 0.569. The number of hydrogen-bond acceptors (Lipinski definition) is 14. The molecule has 0 saturated heterocycles. The van der Waals surface area contributed by atoms with E-state index in [2.05, 4.69) is 43.4 Å². The molecule has 0 spiro atoms. The molecule has 1 saturated carbocycles. The highest BCUT2D eigenvalue weighted by molar-refractivity contribution is 7.47. The molecule has 0 bridgehead atoms. The third-order valence-electron chi connectivity index (χ3n) is 9.96. The van der Waals surface area contributed by atoms with Crippen molar-refractivity contribution in [1.82, 2.24) is 0 Å². The zero-order valence-corrected chi connectivity index (χ0v) is 40.2. The second kappa shape index (κ2) is 39.1. The van der Waals surface area contributed by atoms with Crippen molar-refractivity contribution in [3.63, 3.8) is 0 Å². The zero-order chi connectivity index (χ0) is 49.5. The number of hydrogen-bond donors (Lipinski definition) is 8. The van der Waals surface area contributed by atoms with Gasteiger partial charge in [0.1, 0.15) is 43.2 Å². The summed E-state index contributed by atoms with van der Waals surface area (Å²) in [4.78, 5) is 35.7. The van der Waals surface area contributed by atoms with Crippen LogP contribution in [0, 0.1) is 0 Å². The first-order valence-corrected chi connectivity index (χ1v) is 25.1. The fourth-order valence-electron chi connectivity index (χ4n) is 6.14. The molecular weight excluding hydrogens is 884 g/mol. The standard InChI is InChI=1S/C51H79O15P/c1-3-5-7-8-9-10-11-12-13-14-15-16-17-18-22-25-31-37-44(54)63-39-43(40-64-67(61,62)66-51-49(59)47(57)46(56)48(58)50(51)60)65-45(55)38-32-26-30-36-42(53)35-29-24-21-19-20-23-28-34-41(52)33-27-6-4-2/h6,9-10,12-13,15-16,18,20-24,27-30,34-36,41-43,46-53,56-60H,3-5,7-8,11,14,17,19,25-26,31-33,37-40H2,1-2H3,(H,61,62)/b10-9-,13-12-,16-15-,22-18-,23-20-,24-21-,27-6-,34-28+,35-29+,36-30-/t41-,42-,43+,46?,47-,48+,49+,50+,51?/m0/s1. The smallest absolute Gasteiger partial charge is 0.462 e. The quantitative estimate of drug-likeness (QED) is 0.0101. The van der Waals surface area contributed by atoms with Gasteiger partial charge in [0.15, 0.2) is 6.10 Å². The van der Waals surface area contributed by atoms with Gasteiger partial charge in [-0.1, -0.05) is 148 Å². The number of rotatable bonds is 36. The molecule has 3 unspecified atom stereocenters. The highest BCUT2D eigenvalue weighted by Crippen LogP contribution is 2.47. The maximum Gasteiger partial charge on any atom is 0.472 e. The summed E-state index contributed by atoms with van der Waals surface area (Å²) in [5, 5.41) is 70.2. The van der Waals surface area contributed by atoms with Crippen LogP contribution in [0.15, 0.2) is 122 Å². The molecule has 1 aliphatic carbocycles. The van der Waals surface area contributed by atoms with Crippen molar-refractivity contribution in [1.29, 1.82) is 0 Å². The minimum atomic E-state index is -5.20. The van der Waals surface area contributed by atoms with E-state index >= 15 is 0 Å². The topological polar surface area (TPSA) is 250 Å². The van der Waals surface area contributed by atoms with E-state index in [-0.39, 0.29) is 12.8 Å². The van der Waals surface area contributed by atoms with Crippen LogP contribution < -0.4 is 0 Å². The Balaban J connectivity index is 2.62. The third kappa shape index (κ3) is 31.8. The molecule has 0 amide bonds. The van der Waals surface area contributed by atoms with Crippen molar-refractivity contribution in [3.8, 4) is 0 Å². The molecule has 1 aliphatic rings. The molecule has 16 heteroatoms. The third-order valence-corrected chi connectivity index (χ3v) is 10.9. The van der Waals surface area contributed by atoms with E-state index in [0.29, 0.717) is 38.5 Å². The molecule has 0 aromatic carbocycles. The van der Waals surface area contributed by atoms with E-state index < -0.39 is 87.9 Å². The summed E-state index contributed by atoms with van der Waals surface area (Å²) < 4.78 is 33.3. The van der Waals surface area contributed by atoms with Gasteiger partial charge < -0.3 is 50.1 Å². The summed E-state index contributed by atoms with van der Waals surface area (Å²) in [6, 6.07) is 0. The van der Waals surface area contributed by atoms with Crippen LogP contribution in [-0.4, -0.2) is 121 Å². The number of phosphoric acid groups is 1. The van der Waals surface area contributed by atoms with Gasteiger partial charge in [0.2, 0.25) is 0 Å². The van der Waals surface area contributed by atoms with Crippen molar-refractivity contribution >= 4 is 19.8 Å². The van der Waals surface area contributed by atoms with Gasteiger partial charge >= 0.3 is 19.8 Å². The number of unbranched alkanes of at least 4 members (excludes halogenated alkanes) is 5. The molecule has 8 N–H and O–H groups in total. The first kappa shape index (κ1) is 61.2. The lowest BCUT2D eigenvalue weighted by molar-refractivity contribution is -0.220. The van der Waals surface area contributed by atoms with E-state index in [4.69, 9.17) is 18.5 Å². The highest BCUT2D eigenvalue weighted by atomic mass is 31.2. The number of esters is 2. The Hall–Kier alpha value is -3.83. The number of allylic oxidation sites excluding steroid dienone is 16. The van der Waals surface area contributed by atoms with Gasteiger partial charge in [-0.15, -0.1) is 0 Å². The molecule has 0 aromatic heterocycles. The summed E-state index contributed by atoms with van der Waals surface area (Å²) in [6.45, 7) is 2.86. The number of carbonyl (C=O) groups excluding carboxylic acids is 2. The molecule has 0 radical (unpaired) electrons. The summed E-state index contributed by atoms with van der Waals surface area (Å²) in [6.07, 6.45) is 34.6. The number of aliphatic hydroxyl groups is 7. The lowest BCUT2D eigenvalue weighted by Crippen LogP contribution is -2.64. The summed E-state index contributed by atoms with van der Waals surface area (Å²) in [5.41, 5.74) is 0. The van der Waals surface area contributed by atoms with E-state index in [1.54, 1.807) is 42.5 Å². The first-order valence-electron chi connectivity index (χ1n) is 23.6. The first-order chi connectivity index (χ1) is 32.2. The van der Waals surface area contributed by atoms with Crippen LogP contribution in [0.4, 0.5) is 0 Å². The van der Waals surface area contributed by atoms with Gasteiger partial charge in [-0.3, -0.25) is 18.6 Å². The lowest BCUT2D eigenvalue weighted by Gasteiger charge is -2.41. The van der Waals surface area contributed by atoms with Crippen molar-refractivity contribution in [2.45, 2.75) is 172 Å². The van der Waals surface area contributed by atoms with Gasteiger partial charge in [-0.05, 0) is 77.0 Å². The van der Waals surface area contributed by atoms with Gasteiger partial charge in [0, 0.05) is 12.8 Å². The van der Waals surface area contributed by atoms with Crippen molar-refractivity contribution in [3.05, 3.63) is 122 Å². The number of phosphoric ester groups is 1. The molecule has 0 heterocycles. The molecule has 0 aromatic rings. The van der Waals surface area contributed by atoms with Crippen LogP contribution >= 0.6 is 7.82 Å². The van der Waals surface area contributed by atoms with Gasteiger partial charge in [0.05, 0.1) is 18.8 Å². The molecule has 15 nitrogen and oxygen atoms in total. The maximum absolute atomic E-state index is 12.8. The summed E-state index contributed by atoms with van der Waals surface area (Å²) in [7, 11) is -5.20. The van der Waals surface area contributed by atoms with Crippen LogP contribution in [0.25, 0.3) is 0 Å². The molecular formula is C51H79O15P. The average Bonchev–Trinajstić information content (AvgIpc) is 3.30. The largest absolute Gasteiger partial charge is 0.472 e. The Morgan fingerprint density at radius 2 is 1.09 bits per heavy atom. The second-order valence-electron chi connectivity index (χ2n) is 15.9. The highest BCUT2D eigenvalue weighted by Gasteiger charge is 2.51. The normalized spacial score (nSPS) is 23.2. The monoisotopic (exact) mass is 963 g/mol. The van der Waals surface area contributed by atoms with Crippen molar-refractivity contribution < 1.29 is 73.3 Å². The SMILES string of the molecule is CC/C=C\C[C@H](O)/C=C/C=C\C/C=C\C=C\[C@H](O)/C=C\CCCC(=O)O[C@H](COC(=O)CCC/C=C\C/C=C\C/C=C\C/C=C\CCCCC)COP(=O)(O)OC1[C@H](O)[C@H](O)C(O)[C@H](O)[C@H]1O. The van der Waals surface area contributed by atoms with Crippen LogP contribution in [0.1, 0.15) is 117 Å². The van der Waals surface area contributed by atoms with Gasteiger partial charge in [-0.2, -0.15) is 0 Å². The Morgan fingerprint density at radius 1 is 0.567 bits per heavy atom. The maximum atomic E-state index is 12.8. The van der Waals surface area contributed by atoms with Gasteiger partial charge in [-0.25, -0.2) is 4.57 Å². The molecule has 67 heavy (non-hydrogen) atoms. The predicted molar refractivity (Wildman–Crippen MR) is 260 cm³/mol. The minimum Gasteiger partial charge on any atom is -0.462 e. The predicted octanol–water partition coefficient (Wildman–Crippen LogP) is 7.33. The Bertz CT molecular complexity index is 1660. The van der Waals surface area contributed by atoms with E-state index in [1.807, 2.05) is 49.5 Å². The molecule has 0 aliphatic heterocycles. The zero-order valence-electron chi connectivity index (χ0n) is 39.4. The Kier molecular flexibility index (Phi) is 35.7. The van der Waals surface area contributed by atoms with E-state index in [0.717, 1.165) is 32.1 Å². The van der Waals surface area contributed by atoms with Crippen LogP contribution in [0.5, 0.6) is 0 Å². The minimum absolute atomic E-state index is 0.0399. The molecule has 10 atom stereocenters. The Morgan fingerprint density at radius 3 is 1.69 bits per heavy atom. The summed E-state index contributed by atoms with van der Waals surface area (Å²) in [5.74, 6) is -1.36. The van der Waals surface area contributed by atoms with E-state index in [9.17, 15) is 54.8 Å².